The van der Waals surface area contributed by atoms with E-state index in [0.717, 1.165) is 0 Å². The van der Waals surface area contributed by atoms with Gasteiger partial charge in [-0.3, -0.25) is 9.88 Å². The van der Waals surface area contributed by atoms with Gasteiger partial charge in [0.2, 0.25) is 5.91 Å². The first-order chi connectivity index (χ1) is 7.22. The average molecular weight is 267 g/mol. The SMILES string of the molecule is CC(C)(C)CC(C(=O)NP(=O)(O)F)C(C)(C)C. The molecular weight excluding hydrogens is 244 g/mol. The van der Waals surface area contributed by atoms with Crippen LogP contribution in [0.15, 0.2) is 0 Å². The maximum atomic E-state index is 12.6. The van der Waals surface area contributed by atoms with Crippen LogP contribution in [0.25, 0.3) is 0 Å². The van der Waals surface area contributed by atoms with E-state index in [9.17, 15) is 13.6 Å². The van der Waals surface area contributed by atoms with E-state index in [1.807, 2.05) is 41.5 Å². The minimum absolute atomic E-state index is 0.120. The minimum atomic E-state index is -5.01. The molecular formula is C11H23FNO3P. The van der Waals surface area contributed by atoms with E-state index < -0.39 is 25.1 Å². The lowest BCUT2D eigenvalue weighted by Crippen LogP contribution is -2.38. The molecule has 1 amide bonds. The van der Waals surface area contributed by atoms with Crippen LogP contribution in [0.2, 0.25) is 0 Å². The van der Waals surface area contributed by atoms with Crippen LogP contribution in [0.1, 0.15) is 48.0 Å². The molecule has 0 saturated carbocycles. The van der Waals surface area contributed by atoms with Gasteiger partial charge in [-0.25, -0.2) is 4.57 Å². The molecule has 0 heterocycles. The van der Waals surface area contributed by atoms with Gasteiger partial charge in [0.05, 0.1) is 0 Å². The van der Waals surface area contributed by atoms with Crippen molar-refractivity contribution in [1.29, 1.82) is 0 Å². The van der Waals surface area contributed by atoms with E-state index in [2.05, 4.69) is 0 Å². The van der Waals surface area contributed by atoms with Crippen molar-refractivity contribution in [2.75, 3.05) is 0 Å². The van der Waals surface area contributed by atoms with Crippen molar-refractivity contribution < 1.29 is 18.4 Å². The number of carbonyl (C=O) groups excluding carboxylic acids is 1. The van der Waals surface area contributed by atoms with E-state index in [0.29, 0.717) is 6.42 Å². The van der Waals surface area contributed by atoms with Gasteiger partial charge in [0.15, 0.2) is 0 Å². The molecule has 6 heteroatoms. The summed E-state index contributed by atoms with van der Waals surface area (Å²) in [6.07, 6.45) is 0.516. The third kappa shape index (κ3) is 7.50. The molecule has 17 heavy (non-hydrogen) atoms. The van der Waals surface area contributed by atoms with Crippen molar-refractivity contribution in [2.45, 2.75) is 48.0 Å². The van der Waals surface area contributed by atoms with Gasteiger partial charge in [-0.15, -0.1) is 4.20 Å². The van der Waals surface area contributed by atoms with Gasteiger partial charge in [-0.1, -0.05) is 41.5 Å². The average Bonchev–Trinajstić information content (AvgIpc) is 1.92. The maximum Gasteiger partial charge on any atom is 0.469 e. The van der Waals surface area contributed by atoms with Crippen LogP contribution in [0.5, 0.6) is 0 Å². The summed E-state index contributed by atoms with van der Waals surface area (Å²) in [6, 6.07) is 0. The number of amides is 1. The lowest BCUT2D eigenvalue weighted by atomic mass is 9.72. The highest BCUT2D eigenvalue weighted by Gasteiger charge is 2.37. The van der Waals surface area contributed by atoms with Crippen molar-refractivity contribution in [3.05, 3.63) is 0 Å². The van der Waals surface area contributed by atoms with Crippen LogP contribution < -0.4 is 5.09 Å². The highest BCUT2D eigenvalue weighted by Crippen LogP contribution is 2.41. The zero-order valence-corrected chi connectivity index (χ0v) is 12.3. The summed E-state index contributed by atoms with van der Waals surface area (Å²) in [5.41, 5.74) is -0.516. The third-order valence-electron chi connectivity index (χ3n) is 2.43. The first-order valence-electron chi connectivity index (χ1n) is 5.57. The smallest absolute Gasteiger partial charge is 0.305 e. The van der Waals surface area contributed by atoms with Gasteiger partial charge in [-0.05, 0) is 17.3 Å². The molecule has 0 aromatic carbocycles. The summed E-state index contributed by atoms with van der Waals surface area (Å²) in [5.74, 6) is -1.22. The maximum absolute atomic E-state index is 12.6. The normalized spacial score (nSPS) is 18.4. The van der Waals surface area contributed by atoms with Gasteiger partial charge in [-0.2, -0.15) is 0 Å². The molecule has 0 saturated heterocycles. The predicted molar refractivity (Wildman–Crippen MR) is 66.1 cm³/mol. The Morgan fingerprint density at radius 1 is 1.29 bits per heavy atom. The van der Waals surface area contributed by atoms with Crippen molar-refractivity contribution in [3.8, 4) is 0 Å². The van der Waals surface area contributed by atoms with E-state index in [4.69, 9.17) is 4.89 Å². The van der Waals surface area contributed by atoms with E-state index in [-0.39, 0.29) is 5.41 Å². The molecule has 2 N–H and O–H groups in total. The summed E-state index contributed by atoms with van der Waals surface area (Å²) in [6.45, 7) is 11.4. The molecule has 0 aliphatic carbocycles. The Labute approximate surface area is 103 Å². The second kappa shape index (κ2) is 5.07. The van der Waals surface area contributed by atoms with Crippen LogP contribution in [-0.2, 0) is 9.36 Å². The zero-order valence-electron chi connectivity index (χ0n) is 11.4. The summed E-state index contributed by atoms with van der Waals surface area (Å²) in [4.78, 5) is 20.4. The molecule has 2 unspecified atom stereocenters. The Hall–Kier alpha value is -0.410. The Bertz CT molecular complexity index is 325. The molecule has 4 nitrogen and oxygen atoms in total. The lowest BCUT2D eigenvalue weighted by Gasteiger charge is -2.34. The molecule has 0 aromatic rings. The van der Waals surface area contributed by atoms with Crippen LogP contribution in [0, 0.1) is 16.7 Å². The molecule has 2 atom stereocenters. The second-order valence-electron chi connectivity index (χ2n) is 6.66. The molecule has 0 aromatic heterocycles. The van der Waals surface area contributed by atoms with E-state index in [1.54, 1.807) is 5.09 Å². The molecule has 0 bridgehead atoms. The predicted octanol–water partition coefficient (Wildman–Crippen LogP) is 3.27. The number of carbonyl (C=O) groups is 1. The Morgan fingerprint density at radius 3 is 1.94 bits per heavy atom. The van der Waals surface area contributed by atoms with Gasteiger partial charge in [0.25, 0.3) is 0 Å². The quantitative estimate of drug-likeness (QED) is 0.771. The van der Waals surface area contributed by atoms with Crippen LogP contribution in [-0.4, -0.2) is 10.8 Å². The standard InChI is InChI=1S/C11H23FNO3P/c1-10(2,3)7-8(11(4,5)6)9(14)13-17(12,15)16/h8H,7H2,1-6H3,(H2,13,14,15,16). The number of hydrogen-bond donors (Lipinski definition) is 2. The van der Waals surface area contributed by atoms with Crippen LogP contribution in [0.3, 0.4) is 0 Å². The van der Waals surface area contributed by atoms with Gasteiger partial charge in [0.1, 0.15) is 0 Å². The first-order valence-corrected chi connectivity index (χ1v) is 7.12. The lowest BCUT2D eigenvalue weighted by molar-refractivity contribution is -0.128. The summed E-state index contributed by atoms with van der Waals surface area (Å²) < 4.78 is 23.2. The van der Waals surface area contributed by atoms with Crippen molar-refractivity contribution >= 4 is 13.7 Å². The molecule has 0 spiro atoms. The molecule has 0 rings (SSSR count). The van der Waals surface area contributed by atoms with Crippen molar-refractivity contribution in [2.24, 2.45) is 16.7 Å². The molecule has 0 aliphatic heterocycles. The highest BCUT2D eigenvalue weighted by atomic mass is 31.2. The molecule has 0 fully saturated rings. The van der Waals surface area contributed by atoms with Crippen molar-refractivity contribution in [3.63, 3.8) is 0 Å². The van der Waals surface area contributed by atoms with Gasteiger partial charge < -0.3 is 4.89 Å². The number of hydrogen-bond acceptors (Lipinski definition) is 2. The fourth-order valence-electron chi connectivity index (χ4n) is 1.62. The molecule has 0 radical (unpaired) electrons. The summed E-state index contributed by atoms with van der Waals surface area (Å²) >= 11 is 0. The van der Waals surface area contributed by atoms with Crippen LogP contribution >= 0.6 is 7.83 Å². The topological polar surface area (TPSA) is 66.4 Å². The van der Waals surface area contributed by atoms with E-state index in [1.165, 1.54) is 0 Å². The Morgan fingerprint density at radius 2 is 1.71 bits per heavy atom. The highest BCUT2D eigenvalue weighted by molar-refractivity contribution is 7.50. The number of halogens is 1. The fourth-order valence-corrected chi connectivity index (χ4v) is 2.05. The van der Waals surface area contributed by atoms with Gasteiger partial charge in [0, 0.05) is 5.92 Å². The minimum Gasteiger partial charge on any atom is -0.305 e. The Balaban J connectivity index is 4.96. The Kier molecular flexibility index (Phi) is 4.95. The van der Waals surface area contributed by atoms with Crippen LogP contribution in [0.4, 0.5) is 4.20 Å². The largest absolute Gasteiger partial charge is 0.469 e. The monoisotopic (exact) mass is 267 g/mol. The fraction of sp³-hybridized carbons (Fsp3) is 0.909. The summed E-state index contributed by atoms with van der Waals surface area (Å²) in [5, 5.41) is 1.55. The molecule has 0 aliphatic rings. The third-order valence-corrected chi connectivity index (χ3v) is 2.92. The summed E-state index contributed by atoms with van der Waals surface area (Å²) in [7, 11) is -5.01. The zero-order chi connectivity index (χ0) is 14.1. The number of rotatable bonds is 3. The second-order valence-corrected chi connectivity index (χ2v) is 7.89. The van der Waals surface area contributed by atoms with E-state index >= 15 is 0 Å². The van der Waals surface area contributed by atoms with Crippen molar-refractivity contribution in [1.82, 2.24) is 5.09 Å². The van der Waals surface area contributed by atoms with Gasteiger partial charge >= 0.3 is 7.83 Å². The number of nitrogens with one attached hydrogen (secondary N) is 1. The first kappa shape index (κ1) is 16.6. The molecule has 102 valence electrons.